The van der Waals surface area contributed by atoms with Gasteiger partial charge in [-0.1, -0.05) is 0 Å². The van der Waals surface area contributed by atoms with Gasteiger partial charge in [0.2, 0.25) is 5.75 Å². The fourth-order valence-corrected chi connectivity index (χ4v) is 3.31. The number of benzene rings is 2. The van der Waals surface area contributed by atoms with Gasteiger partial charge in [-0.2, -0.15) is 0 Å². The average molecular weight is 405 g/mol. The molecule has 0 saturated heterocycles. The molecule has 0 aliphatic rings. The molecule has 8 nitrogen and oxygen atoms in total. The molecule has 0 amide bonds. The van der Waals surface area contributed by atoms with E-state index >= 15 is 0 Å². The number of sulfonamides is 1. The second-order valence-electron chi connectivity index (χ2n) is 4.92. The van der Waals surface area contributed by atoms with Gasteiger partial charge in [0.15, 0.2) is 11.5 Å². The van der Waals surface area contributed by atoms with Gasteiger partial charge in [-0.05, 0) is 18.2 Å². The van der Waals surface area contributed by atoms with Gasteiger partial charge in [-0.15, -0.1) is 12.4 Å². The highest BCUT2D eigenvalue weighted by atomic mass is 35.5. The Labute approximate surface area is 158 Å². The van der Waals surface area contributed by atoms with Gasteiger partial charge < -0.3 is 24.7 Å². The zero-order chi connectivity index (χ0) is 18.6. The lowest BCUT2D eigenvalue weighted by Gasteiger charge is -2.15. The Balaban J connectivity index is 0.00000338. The highest BCUT2D eigenvalue weighted by molar-refractivity contribution is 7.92. The summed E-state index contributed by atoms with van der Waals surface area (Å²) in [6.07, 6.45) is 0. The zero-order valence-electron chi connectivity index (χ0n) is 14.7. The lowest BCUT2D eigenvalue weighted by molar-refractivity contribution is 0.325. The maximum absolute atomic E-state index is 12.6. The van der Waals surface area contributed by atoms with Gasteiger partial charge in [0.25, 0.3) is 10.0 Å². The number of rotatable bonds is 7. The van der Waals surface area contributed by atoms with Crippen molar-refractivity contribution < 1.29 is 27.4 Å². The van der Waals surface area contributed by atoms with E-state index in [0.29, 0.717) is 23.0 Å². The summed E-state index contributed by atoms with van der Waals surface area (Å²) in [5.74, 6) is 1.41. The van der Waals surface area contributed by atoms with Crippen molar-refractivity contribution in [2.24, 2.45) is 0 Å². The molecule has 0 heterocycles. The normalized spacial score (nSPS) is 10.5. The summed E-state index contributed by atoms with van der Waals surface area (Å²) in [5.41, 5.74) is 6.25. The SMILES string of the molecule is COc1ccc(S(=O)(=O)Nc2cc(OC)c(OC)c(OC)c2)cc1N.Cl. The topological polar surface area (TPSA) is 109 Å². The van der Waals surface area contributed by atoms with E-state index in [4.69, 9.17) is 24.7 Å². The number of hydrogen-bond acceptors (Lipinski definition) is 7. The van der Waals surface area contributed by atoms with Crippen molar-refractivity contribution in [2.75, 3.05) is 38.9 Å². The Morgan fingerprint density at radius 3 is 1.81 bits per heavy atom. The van der Waals surface area contributed by atoms with Crippen LogP contribution in [0.15, 0.2) is 35.2 Å². The molecule has 0 saturated carbocycles. The second kappa shape index (κ2) is 8.72. The van der Waals surface area contributed by atoms with Crippen LogP contribution in [0.2, 0.25) is 0 Å². The molecule has 10 heteroatoms. The predicted octanol–water partition coefficient (Wildman–Crippen LogP) is 2.53. The van der Waals surface area contributed by atoms with Crippen LogP contribution in [0.1, 0.15) is 0 Å². The highest BCUT2D eigenvalue weighted by Crippen LogP contribution is 2.40. The van der Waals surface area contributed by atoms with Crippen molar-refractivity contribution in [2.45, 2.75) is 4.90 Å². The summed E-state index contributed by atoms with van der Waals surface area (Å²) in [5, 5.41) is 0. The summed E-state index contributed by atoms with van der Waals surface area (Å²) in [6, 6.07) is 7.19. The van der Waals surface area contributed by atoms with Crippen LogP contribution in [0.5, 0.6) is 23.0 Å². The van der Waals surface area contributed by atoms with Crippen LogP contribution in [-0.4, -0.2) is 36.9 Å². The molecule has 0 spiro atoms. The van der Waals surface area contributed by atoms with Crippen LogP contribution in [-0.2, 0) is 10.0 Å². The summed E-state index contributed by atoms with van der Waals surface area (Å²) >= 11 is 0. The van der Waals surface area contributed by atoms with E-state index in [9.17, 15) is 8.42 Å². The van der Waals surface area contributed by atoms with Gasteiger partial charge in [-0.25, -0.2) is 8.42 Å². The molecule has 2 aromatic rings. The highest BCUT2D eigenvalue weighted by Gasteiger charge is 2.19. The third-order valence-corrected chi connectivity index (χ3v) is 4.81. The van der Waals surface area contributed by atoms with E-state index in [0.717, 1.165) is 0 Å². The van der Waals surface area contributed by atoms with E-state index in [1.54, 1.807) is 0 Å². The number of nitrogen functional groups attached to an aromatic ring is 1. The van der Waals surface area contributed by atoms with Crippen LogP contribution in [0.3, 0.4) is 0 Å². The molecule has 0 atom stereocenters. The van der Waals surface area contributed by atoms with Crippen molar-refractivity contribution in [3.63, 3.8) is 0 Å². The molecule has 3 N–H and O–H groups in total. The first-order valence-corrected chi connectivity index (χ1v) is 8.61. The largest absolute Gasteiger partial charge is 0.495 e. The van der Waals surface area contributed by atoms with Crippen molar-refractivity contribution in [3.8, 4) is 23.0 Å². The van der Waals surface area contributed by atoms with Crippen molar-refractivity contribution in [1.82, 2.24) is 0 Å². The van der Waals surface area contributed by atoms with Gasteiger partial charge in [0.05, 0.1) is 44.7 Å². The van der Waals surface area contributed by atoms with Gasteiger partial charge in [-0.3, -0.25) is 4.72 Å². The number of hydrogen-bond donors (Lipinski definition) is 2. The first-order chi connectivity index (χ1) is 11.9. The van der Waals surface area contributed by atoms with Crippen LogP contribution in [0.4, 0.5) is 11.4 Å². The number of methoxy groups -OCH3 is 4. The molecule has 144 valence electrons. The van der Waals surface area contributed by atoms with Crippen molar-refractivity contribution >= 4 is 33.8 Å². The minimum atomic E-state index is -3.87. The summed E-state index contributed by atoms with van der Waals surface area (Å²) in [6.45, 7) is 0. The standard InChI is InChI=1S/C16H20N2O6S.ClH/c1-21-13-6-5-11(9-12(13)17)25(19,20)18-10-7-14(22-2)16(24-4)15(8-10)23-3;/h5-9,18H,17H2,1-4H3;1H. The van der Waals surface area contributed by atoms with Crippen LogP contribution in [0, 0.1) is 0 Å². The Bertz CT molecular complexity index is 848. The molecule has 0 aliphatic heterocycles. The molecule has 0 unspecified atom stereocenters. The summed E-state index contributed by atoms with van der Waals surface area (Å²) in [7, 11) is 1.94. The van der Waals surface area contributed by atoms with Gasteiger partial charge in [0, 0.05) is 12.1 Å². The lowest BCUT2D eigenvalue weighted by atomic mass is 10.2. The first kappa shape index (κ1) is 21.5. The molecule has 0 bridgehead atoms. The number of nitrogens with one attached hydrogen (secondary N) is 1. The van der Waals surface area contributed by atoms with Crippen LogP contribution >= 0.6 is 12.4 Å². The number of nitrogens with two attached hydrogens (primary N) is 1. The van der Waals surface area contributed by atoms with Crippen molar-refractivity contribution in [3.05, 3.63) is 30.3 Å². The smallest absolute Gasteiger partial charge is 0.261 e. The number of halogens is 1. The monoisotopic (exact) mass is 404 g/mol. The van der Waals surface area contributed by atoms with Crippen LogP contribution in [0.25, 0.3) is 0 Å². The first-order valence-electron chi connectivity index (χ1n) is 7.12. The van der Waals surface area contributed by atoms with E-state index in [-0.39, 0.29) is 28.7 Å². The van der Waals surface area contributed by atoms with Crippen LogP contribution < -0.4 is 29.4 Å². The molecule has 2 aromatic carbocycles. The molecule has 0 aliphatic carbocycles. The third kappa shape index (κ3) is 4.36. The Morgan fingerprint density at radius 2 is 1.38 bits per heavy atom. The van der Waals surface area contributed by atoms with Gasteiger partial charge in [0.1, 0.15) is 5.75 Å². The second-order valence-corrected chi connectivity index (χ2v) is 6.61. The average Bonchev–Trinajstić information content (AvgIpc) is 2.60. The van der Waals surface area contributed by atoms with Gasteiger partial charge >= 0.3 is 0 Å². The zero-order valence-corrected chi connectivity index (χ0v) is 16.4. The Morgan fingerprint density at radius 1 is 0.846 bits per heavy atom. The Hall–Kier alpha value is -2.52. The number of anilines is 2. The number of ether oxygens (including phenoxy) is 4. The fraction of sp³-hybridized carbons (Fsp3) is 0.250. The summed E-state index contributed by atoms with van der Waals surface area (Å²) < 4.78 is 48.3. The minimum absolute atomic E-state index is 0. The fourth-order valence-electron chi connectivity index (χ4n) is 2.23. The molecule has 0 radical (unpaired) electrons. The minimum Gasteiger partial charge on any atom is -0.495 e. The molecular weight excluding hydrogens is 384 g/mol. The van der Waals surface area contributed by atoms with E-state index in [2.05, 4.69) is 4.72 Å². The maximum Gasteiger partial charge on any atom is 0.261 e. The van der Waals surface area contributed by atoms with E-state index in [1.165, 1.54) is 58.8 Å². The Kier molecular flexibility index (Phi) is 7.22. The molecule has 0 fully saturated rings. The predicted molar refractivity (Wildman–Crippen MR) is 102 cm³/mol. The maximum atomic E-state index is 12.6. The molecule has 26 heavy (non-hydrogen) atoms. The molecule has 2 rings (SSSR count). The van der Waals surface area contributed by atoms with E-state index < -0.39 is 10.0 Å². The molecular formula is C16H21ClN2O6S. The van der Waals surface area contributed by atoms with E-state index in [1.807, 2.05) is 0 Å². The van der Waals surface area contributed by atoms with Crippen molar-refractivity contribution in [1.29, 1.82) is 0 Å². The lowest BCUT2D eigenvalue weighted by Crippen LogP contribution is -2.13. The third-order valence-electron chi connectivity index (χ3n) is 3.43. The summed E-state index contributed by atoms with van der Waals surface area (Å²) in [4.78, 5) is -0.000415. The molecule has 0 aromatic heterocycles. The quantitative estimate of drug-likeness (QED) is 0.682.